The number of hydrogen-bond acceptors (Lipinski definition) is 5. The van der Waals surface area contributed by atoms with Crippen LogP contribution in [0.3, 0.4) is 0 Å². The lowest BCUT2D eigenvalue weighted by Crippen LogP contribution is -2.27. The van der Waals surface area contributed by atoms with Crippen molar-refractivity contribution in [1.29, 1.82) is 0 Å². The number of H-pyrrole nitrogens is 1. The number of aromatic nitrogens is 2. The van der Waals surface area contributed by atoms with Gasteiger partial charge in [-0.2, -0.15) is 5.10 Å². The lowest BCUT2D eigenvalue weighted by atomic mass is 9.87. The van der Waals surface area contributed by atoms with Gasteiger partial charge in [0.05, 0.1) is 7.11 Å². The van der Waals surface area contributed by atoms with Crippen LogP contribution in [0.5, 0.6) is 17.2 Å². The zero-order valence-corrected chi connectivity index (χ0v) is 17.4. The number of carbonyl (C=O) groups is 1. The standard InChI is InChI=1S/C24H25N3O4/c1-29-20-8-3-2-5-17(20)16(15-9-10-21-22(13-15)31-14-30-21)11-12-25-24(28)23-18-6-4-7-19(18)26-27-23/h2-3,5,8-10,13,16H,4,6-7,11-12,14H2,1H3,(H,25,28)(H,26,27). The summed E-state index contributed by atoms with van der Waals surface area (Å²) in [4.78, 5) is 12.7. The first-order valence-corrected chi connectivity index (χ1v) is 10.6. The maximum atomic E-state index is 12.7. The van der Waals surface area contributed by atoms with E-state index in [0.29, 0.717) is 18.7 Å². The Morgan fingerprint density at radius 2 is 2.06 bits per heavy atom. The fourth-order valence-electron chi connectivity index (χ4n) is 4.51. The third-order valence-corrected chi connectivity index (χ3v) is 6.05. The maximum Gasteiger partial charge on any atom is 0.272 e. The molecule has 2 aliphatic rings. The highest BCUT2D eigenvalue weighted by Gasteiger charge is 2.25. The van der Waals surface area contributed by atoms with E-state index in [1.54, 1.807) is 7.11 Å². The molecule has 2 heterocycles. The Hall–Kier alpha value is -3.48. The van der Waals surface area contributed by atoms with Gasteiger partial charge >= 0.3 is 0 Å². The lowest BCUT2D eigenvalue weighted by Gasteiger charge is -2.21. The largest absolute Gasteiger partial charge is 0.496 e. The van der Waals surface area contributed by atoms with E-state index in [0.717, 1.165) is 58.9 Å². The second-order valence-electron chi connectivity index (χ2n) is 7.83. The number of rotatable bonds is 7. The molecule has 0 fully saturated rings. The van der Waals surface area contributed by atoms with E-state index in [1.807, 2.05) is 36.4 Å². The third-order valence-electron chi connectivity index (χ3n) is 6.05. The number of para-hydroxylation sites is 1. The van der Waals surface area contributed by atoms with Crippen molar-refractivity contribution in [2.45, 2.75) is 31.6 Å². The van der Waals surface area contributed by atoms with Gasteiger partial charge in [-0.15, -0.1) is 0 Å². The molecule has 1 aromatic heterocycles. The van der Waals surface area contributed by atoms with Crippen LogP contribution in [0.15, 0.2) is 42.5 Å². The molecule has 1 amide bonds. The number of ether oxygens (including phenoxy) is 3. The zero-order chi connectivity index (χ0) is 21.2. The first-order chi connectivity index (χ1) is 15.2. The Labute approximate surface area is 180 Å². The number of carbonyl (C=O) groups excluding carboxylic acids is 1. The van der Waals surface area contributed by atoms with Gasteiger partial charge in [0.2, 0.25) is 6.79 Å². The number of aromatic amines is 1. The number of nitrogens with zero attached hydrogens (tertiary/aromatic N) is 1. The first-order valence-electron chi connectivity index (χ1n) is 10.6. The Bertz CT molecular complexity index is 1110. The van der Waals surface area contributed by atoms with E-state index < -0.39 is 0 Å². The van der Waals surface area contributed by atoms with Gasteiger partial charge in [-0.05, 0) is 49.4 Å². The number of benzene rings is 2. The molecule has 1 aliphatic carbocycles. The number of aryl methyl sites for hydroxylation is 1. The molecule has 0 spiro atoms. The van der Waals surface area contributed by atoms with Crippen LogP contribution in [0.1, 0.15) is 51.6 Å². The van der Waals surface area contributed by atoms with E-state index in [-0.39, 0.29) is 18.6 Å². The average molecular weight is 419 g/mol. The Morgan fingerprint density at radius 1 is 1.19 bits per heavy atom. The molecule has 3 aromatic rings. The molecule has 0 saturated carbocycles. The van der Waals surface area contributed by atoms with E-state index in [1.165, 1.54) is 0 Å². The molecule has 5 rings (SSSR count). The van der Waals surface area contributed by atoms with Crippen LogP contribution in [0.2, 0.25) is 0 Å². The topological polar surface area (TPSA) is 85.5 Å². The van der Waals surface area contributed by atoms with Crippen LogP contribution in [0.4, 0.5) is 0 Å². The maximum absolute atomic E-state index is 12.7. The summed E-state index contributed by atoms with van der Waals surface area (Å²) in [5.41, 5.74) is 4.85. The summed E-state index contributed by atoms with van der Waals surface area (Å²) in [7, 11) is 1.68. The molecule has 160 valence electrons. The molecule has 0 radical (unpaired) electrons. The van der Waals surface area contributed by atoms with Crippen molar-refractivity contribution in [2.24, 2.45) is 0 Å². The quantitative estimate of drug-likeness (QED) is 0.611. The van der Waals surface area contributed by atoms with E-state index in [4.69, 9.17) is 14.2 Å². The van der Waals surface area contributed by atoms with Gasteiger partial charge in [-0.3, -0.25) is 9.89 Å². The Balaban J connectivity index is 1.36. The van der Waals surface area contributed by atoms with Crippen molar-refractivity contribution in [3.05, 3.63) is 70.5 Å². The summed E-state index contributed by atoms with van der Waals surface area (Å²) in [6.45, 7) is 0.750. The number of methoxy groups -OCH3 is 1. The SMILES string of the molecule is COc1ccccc1C(CCNC(=O)c1n[nH]c2c1CCC2)c1ccc2c(c1)OCO2. The number of amides is 1. The van der Waals surface area contributed by atoms with Gasteiger partial charge in [0.25, 0.3) is 5.91 Å². The molecule has 2 N–H and O–H groups in total. The number of fused-ring (bicyclic) bond motifs is 2. The smallest absolute Gasteiger partial charge is 0.272 e. The van der Waals surface area contributed by atoms with Crippen LogP contribution in [0, 0.1) is 0 Å². The number of nitrogens with one attached hydrogen (secondary N) is 2. The third kappa shape index (κ3) is 3.71. The average Bonchev–Trinajstić information content (AvgIpc) is 3.53. The van der Waals surface area contributed by atoms with Crippen LogP contribution < -0.4 is 19.5 Å². The molecular weight excluding hydrogens is 394 g/mol. The lowest BCUT2D eigenvalue weighted by molar-refractivity contribution is 0.0947. The highest BCUT2D eigenvalue weighted by atomic mass is 16.7. The first kappa shape index (κ1) is 19.5. The Kier molecular flexibility index (Phi) is 5.24. The Morgan fingerprint density at radius 3 is 2.97 bits per heavy atom. The minimum Gasteiger partial charge on any atom is -0.496 e. The van der Waals surface area contributed by atoms with Crippen LogP contribution in [-0.2, 0) is 12.8 Å². The summed E-state index contributed by atoms with van der Waals surface area (Å²) in [6.07, 6.45) is 3.66. The normalized spacial score (nSPS) is 14.9. The minimum atomic E-state index is -0.121. The van der Waals surface area contributed by atoms with Gasteiger partial charge in [-0.25, -0.2) is 0 Å². The van der Waals surface area contributed by atoms with E-state index in [2.05, 4.69) is 21.6 Å². The van der Waals surface area contributed by atoms with Crippen molar-refractivity contribution in [3.63, 3.8) is 0 Å². The highest BCUT2D eigenvalue weighted by Crippen LogP contribution is 2.39. The fourth-order valence-corrected chi connectivity index (χ4v) is 4.51. The molecule has 1 atom stereocenters. The highest BCUT2D eigenvalue weighted by molar-refractivity contribution is 5.94. The van der Waals surface area contributed by atoms with Crippen molar-refractivity contribution in [2.75, 3.05) is 20.4 Å². The van der Waals surface area contributed by atoms with Gasteiger partial charge < -0.3 is 19.5 Å². The predicted octanol–water partition coefficient (Wildman–Crippen LogP) is 3.59. The molecule has 1 unspecified atom stereocenters. The second kappa shape index (κ2) is 8.34. The monoisotopic (exact) mass is 419 g/mol. The van der Waals surface area contributed by atoms with Crippen molar-refractivity contribution >= 4 is 5.91 Å². The van der Waals surface area contributed by atoms with Gasteiger partial charge in [-0.1, -0.05) is 24.3 Å². The van der Waals surface area contributed by atoms with Gasteiger partial charge in [0, 0.05) is 29.3 Å². The molecule has 7 heteroatoms. The summed E-state index contributed by atoms with van der Waals surface area (Å²) in [6, 6.07) is 14.0. The van der Waals surface area contributed by atoms with Gasteiger partial charge in [0.1, 0.15) is 5.75 Å². The van der Waals surface area contributed by atoms with Crippen molar-refractivity contribution in [3.8, 4) is 17.2 Å². The number of hydrogen-bond donors (Lipinski definition) is 2. The molecular formula is C24H25N3O4. The van der Waals surface area contributed by atoms with E-state index in [9.17, 15) is 4.79 Å². The van der Waals surface area contributed by atoms with Crippen LogP contribution in [0.25, 0.3) is 0 Å². The van der Waals surface area contributed by atoms with Crippen LogP contribution in [-0.4, -0.2) is 36.6 Å². The van der Waals surface area contributed by atoms with Crippen LogP contribution >= 0.6 is 0 Å². The summed E-state index contributed by atoms with van der Waals surface area (Å²) >= 11 is 0. The zero-order valence-electron chi connectivity index (χ0n) is 17.4. The molecule has 0 bridgehead atoms. The molecule has 31 heavy (non-hydrogen) atoms. The molecule has 1 aliphatic heterocycles. The van der Waals surface area contributed by atoms with Crippen molar-refractivity contribution in [1.82, 2.24) is 15.5 Å². The molecule has 2 aromatic carbocycles. The molecule has 7 nitrogen and oxygen atoms in total. The predicted molar refractivity (Wildman–Crippen MR) is 115 cm³/mol. The fraction of sp³-hybridized carbons (Fsp3) is 0.333. The summed E-state index contributed by atoms with van der Waals surface area (Å²) in [5.74, 6) is 2.22. The van der Waals surface area contributed by atoms with Gasteiger partial charge in [0.15, 0.2) is 17.2 Å². The molecule has 0 saturated heterocycles. The minimum absolute atomic E-state index is 0.0239. The summed E-state index contributed by atoms with van der Waals surface area (Å²) in [5, 5.41) is 10.3. The van der Waals surface area contributed by atoms with Crippen molar-refractivity contribution < 1.29 is 19.0 Å². The van der Waals surface area contributed by atoms with E-state index >= 15 is 0 Å². The summed E-state index contributed by atoms with van der Waals surface area (Å²) < 4.78 is 16.7. The second-order valence-corrected chi connectivity index (χ2v) is 7.83.